The second-order valence-corrected chi connectivity index (χ2v) is 3.92. The van der Waals surface area contributed by atoms with Gasteiger partial charge >= 0.3 is 6.18 Å². The lowest BCUT2D eigenvalue weighted by molar-refractivity contribution is -0.218. The highest BCUT2D eigenvalue weighted by molar-refractivity contribution is 5.32. The van der Waals surface area contributed by atoms with Crippen LogP contribution in [0, 0.1) is 5.92 Å². The van der Waals surface area contributed by atoms with Gasteiger partial charge in [-0.05, 0) is 24.0 Å². The molecular formula is C11H11F3O. The lowest BCUT2D eigenvalue weighted by atomic mass is 9.99. The normalized spacial score (nSPS) is 18.9. The van der Waals surface area contributed by atoms with E-state index in [1.165, 1.54) is 0 Å². The van der Waals surface area contributed by atoms with Crippen LogP contribution in [0.1, 0.15) is 11.1 Å². The monoisotopic (exact) mass is 216 g/mol. The summed E-state index contributed by atoms with van der Waals surface area (Å²) in [4.78, 5) is 0. The van der Waals surface area contributed by atoms with Gasteiger partial charge in [0.1, 0.15) is 0 Å². The number of aliphatic hydroxyl groups excluding tert-OH is 1. The van der Waals surface area contributed by atoms with E-state index in [-0.39, 0.29) is 0 Å². The van der Waals surface area contributed by atoms with Crippen molar-refractivity contribution in [3.8, 4) is 0 Å². The maximum Gasteiger partial charge on any atom is 0.414 e. The first kappa shape index (κ1) is 10.5. The van der Waals surface area contributed by atoms with Gasteiger partial charge in [-0.25, -0.2) is 0 Å². The first-order valence-electron chi connectivity index (χ1n) is 4.80. The first-order valence-corrected chi connectivity index (χ1v) is 4.80. The highest BCUT2D eigenvalue weighted by Crippen LogP contribution is 2.35. The van der Waals surface area contributed by atoms with Crippen molar-refractivity contribution in [2.24, 2.45) is 5.92 Å². The Balaban J connectivity index is 2.14. The zero-order valence-electron chi connectivity index (χ0n) is 7.96. The minimum absolute atomic E-state index is 0.316. The van der Waals surface area contributed by atoms with E-state index >= 15 is 0 Å². The van der Waals surface area contributed by atoms with Gasteiger partial charge in [-0.2, -0.15) is 13.2 Å². The van der Waals surface area contributed by atoms with Crippen molar-refractivity contribution in [2.75, 3.05) is 0 Å². The van der Waals surface area contributed by atoms with E-state index < -0.39 is 18.2 Å². The van der Waals surface area contributed by atoms with Gasteiger partial charge in [0.25, 0.3) is 0 Å². The minimum atomic E-state index is -4.51. The van der Waals surface area contributed by atoms with Crippen LogP contribution in [0.2, 0.25) is 0 Å². The Morgan fingerprint density at radius 3 is 2.00 bits per heavy atom. The number of benzene rings is 1. The number of halogens is 3. The number of alkyl halides is 3. The Kier molecular flexibility index (Phi) is 2.46. The predicted octanol–water partition coefficient (Wildman–Crippen LogP) is 2.32. The molecule has 1 aromatic carbocycles. The van der Waals surface area contributed by atoms with Gasteiger partial charge < -0.3 is 5.11 Å². The molecule has 1 nitrogen and oxygen atoms in total. The van der Waals surface area contributed by atoms with Crippen LogP contribution in [-0.2, 0) is 12.8 Å². The molecule has 0 unspecified atom stereocenters. The van der Waals surface area contributed by atoms with Crippen molar-refractivity contribution in [2.45, 2.75) is 25.1 Å². The number of hydrogen-bond acceptors (Lipinski definition) is 1. The number of aliphatic hydroxyl groups is 1. The van der Waals surface area contributed by atoms with E-state index in [1.54, 1.807) is 12.1 Å². The number of rotatable bonds is 1. The molecule has 0 radical (unpaired) electrons. The van der Waals surface area contributed by atoms with Gasteiger partial charge in [0, 0.05) is 5.92 Å². The van der Waals surface area contributed by atoms with Gasteiger partial charge in [0.15, 0.2) is 6.10 Å². The van der Waals surface area contributed by atoms with Crippen LogP contribution in [0.4, 0.5) is 13.2 Å². The van der Waals surface area contributed by atoms with E-state index in [9.17, 15) is 13.2 Å². The van der Waals surface area contributed by atoms with Gasteiger partial charge in [0.05, 0.1) is 0 Å². The molecule has 0 aromatic heterocycles. The van der Waals surface area contributed by atoms with Crippen LogP contribution in [0.25, 0.3) is 0 Å². The van der Waals surface area contributed by atoms with Crippen molar-refractivity contribution in [1.82, 2.24) is 0 Å². The third kappa shape index (κ3) is 2.00. The molecule has 0 saturated heterocycles. The second-order valence-electron chi connectivity index (χ2n) is 3.92. The summed E-state index contributed by atoms with van der Waals surface area (Å²) >= 11 is 0. The molecule has 0 saturated carbocycles. The summed E-state index contributed by atoms with van der Waals surface area (Å²) in [6, 6.07) is 7.25. The van der Waals surface area contributed by atoms with Crippen molar-refractivity contribution >= 4 is 0 Å². The van der Waals surface area contributed by atoms with E-state index in [0.717, 1.165) is 11.1 Å². The van der Waals surface area contributed by atoms with Crippen LogP contribution in [0.15, 0.2) is 24.3 Å². The summed E-state index contributed by atoms with van der Waals surface area (Å²) in [5.74, 6) is -0.720. The van der Waals surface area contributed by atoms with Crippen molar-refractivity contribution in [3.63, 3.8) is 0 Å². The minimum Gasteiger partial charge on any atom is -0.383 e. The number of fused-ring (bicyclic) bond motifs is 1. The third-order valence-electron chi connectivity index (χ3n) is 2.86. The van der Waals surface area contributed by atoms with Crippen LogP contribution in [-0.4, -0.2) is 17.4 Å². The Bertz CT molecular complexity index is 334. The molecule has 0 heterocycles. The largest absolute Gasteiger partial charge is 0.414 e. The molecule has 0 spiro atoms. The van der Waals surface area contributed by atoms with Crippen LogP contribution < -0.4 is 0 Å². The van der Waals surface area contributed by atoms with Crippen LogP contribution in [0.3, 0.4) is 0 Å². The molecule has 1 aliphatic rings. The Morgan fingerprint density at radius 2 is 1.60 bits per heavy atom. The van der Waals surface area contributed by atoms with Gasteiger partial charge in [0.2, 0.25) is 0 Å². The lowest BCUT2D eigenvalue weighted by Gasteiger charge is -2.20. The van der Waals surface area contributed by atoms with Crippen LogP contribution >= 0.6 is 0 Å². The molecule has 0 fully saturated rings. The summed E-state index contributed by atoms with van der Waals surface area (Å²) < 4.78 is 36.8. The highest BCUT2D eigenvalue weighted by atomic mass is 19.4. The molecule has 0 aliphatic heterocycles. The lowest BCUT2D eigenvalue weighted by Crippen LogP contribution is -2.36. The standard InChI is InChI=1S/C11H11F3O/c12-11(13,14)10(15)9-5-7-3-1-2-4-8(7)6-9/h1-4,9-10,15H,5-6H2/t10-/m1/s1. The molecule has 2 rings (SSSR count). The SMILES string of the molecule is O[C@H](C1Cc2ccccc2C1)C(F)(F)F. The second kappa shape index (κ2) is 3.52. The molecule has 15 heavy (non-hydrogen) atoms. The van der Waals surface area contributed by atoms with Gasteiger partial charge in [-0.15, -0.1) is 0 Å². The fraction of sp³-hybridized carbons (Fsp3) is 0.455. The van der Waals surface area contributed by atoms with E-state index in [2.05, 4.69) is 0 Å². The summed E-state index contributed by atoms with van der Waals surface area (Å²) in [7, 11) is 0. The summed E-state index contributed by atoms with van der Waals surface area (Å²) in [6.07, 6.45) is -6.08. The topological polar surface area (TPSA) is 20.2 Å². The number of hydrogen-bond donors (Lipinski definition) is 1. The van der Waals surface area contributed by atoms with E-state index in [1.807, 2.05) is 12.1 Å². The fourth-order valence-electron chi connectivity index (χ4n) is 2.08. The van der Waals surface area contributed by atoms with Crippen LogP contribution in [0.5, 0.6) is 0 Å². The molecule has 82 valence electrons. The van der Waals surface area contributed by atoms with E-state index in [4.69, 9.17) is 5.11 Å². The molecule has 0 amide bonds. The summed E-state index contributed by atoms with van der Waals surface area (Å²) in [5, 5.41) is 9.13. The third-order valence-corrected chi connectivity index (χ3v) is 2.86. The fourth-order valence-corrected chi connectivity index (χ4v) is 2.08. The molecular weight excluding hydrogens is 205 g/mol. The zero-order chi connectivity index (χ0) is 11.1. The maximum atomic E-state index is 12.3. The predicted molar refractivity (Wildman–Crippen MR) is 49.4 cm³/mol. The molecule has 1 aliphatic carbocycles. The van der Waals surface area contributed by atoms with Crippen molar-refractivity contribution < 1.29 is 18.3 Å². The first-order chi connectivity index (χ1) is 6.98. The summed E-state index contributed by atoms with van der Waals surface area (Å²) in [6.45, 7) is 0. The van der Waals surface area contributed by atoms with Crippen molar-refractivity contribution in [1.29, 1.82) is 0 Å². The molecule has 1 atom stereocenters. The molecule has 4 heteroatoms. The Morgan fingerprint density at radius 1 is 1.13 bits per heavy atom. The van der Waals surface area contributed by atoms with Gasteiger partial charge in [-0.3, -0.25) is 0 Å². The zero-order valence-corrected chi connectivity index (χ0v) is 7.96. The Labute approximate surface area is 85.5 Å². The van der Waals surface area contributed by atoms with E-state index in [0.29, 0.717) is 12.8 Å². The molecule has 1 aromatic rings. The average molecular weight is 216 g/mol. The molecule has 1 N–H and O–H groups in total. The Hall–Kier alpha value is -1.03. The average Bonchev–Trinajstić information content (AvgIpc) is 2.58. The quantitative estimate of drug-likeness (QED) is 0.763. The van der Waals surface area contributed by atoms with Crippen molar-refractivity contribution in [3.05, 3.63) is 35.4 Å². The smallest absolute Gasteiger partial charge is 0.383 e. The molecule has 0 bridgehead atoms. The highest BCUT2D eigenvalue weighted by Gasteiger charge is 2.45. The van der Waals surface area contributed by atoms with Gasteiger partial charge in [-0.1, -0.05) is 24.3 Å². The summed E-state index contributed by atoms with van der Waals surface area (Å²) in [5.41, 5.74) is 1.84. The maximum absolute atomic E-state index is 12.3.